The lowest BCUT2D eigenvalue weighted by Crippen LogP contribution is -2.18. The highest BCUT2D eigenvalue weighted by molar-refractivity contribution is 5.25. The first-order chi connectivity index (χ1) is 8.27. The van der Waals surface area contributed by atoms with Crippen molar-refractivity contribution in [2.24, 2.45) is 7.05 Å². The van der Waals surface area contributed by atoms with Gasteiger partial charge in [0.05, 0.1) is 0 Å². The fourth-order valence-electron chi connectivity index (χ4n) is 1.77. The largest absolute Gasteiger partial charge is 0.321 e. The van der Waals surface area contributed by atoms with E-state index >= 15 is 0 Å². The second-order valence-corrected chi connectivity index (χ2v) is 4.21. The fourth-order valence-corrected chi connectivity index (χ4v) is 1.77. The van der Waals surface area contributed by atoms with Crippen molar-refractivity contribution in [1.29, 1.82) is 0 Å². The summed E-state index contributed by atoms with van der Waals surface area (Å²) in [6, 6.07) is 8.44. The van der Waals surface area contributed by atoms with Gasteiger partial charge in [0.2, 0.25) is 0 Å². The lowest BCUT2D eigenvalue weighted by atomic mass is 10.1. The number of aryl methyl sites for hydroxylation is 2. The van der Waals surface area contributed by atoms with Crippen molar-refractivity contribution in [2.45, 2.75) is 19.9 Å². The minimum absolute atomic E-state index is 0.905. The van der Waals surface area contributed by atoms with E-state index in [1.807, 2.05) is 11.6 Å². The van der Waals surface area contributed by atoms with Gasteiger partial charge in [0.25, 0.3) is 0 Å². The van der Waals surface area contributed by atoms with Gasteiger partial charge >= 0.3 is 0 Å². The van der Waals surface area contributed by atoms with Gasteiger partial charge in [0.15, 0.2) is 0 Å². The lowest BCUT2D eigenvalue weighted by molar-refractivity contribution is 0.652. The maximum atomic E-state index is 4.05. The normalized spacial score (nSPS) is 10.7. The predicted octanol–water partition coefficient (Wildman–Crippen LogP) is 1.46. The van der Waals surface area contributed by atoms with Gasteiger partial charge in [-0.15, -0.1) is 10.2 Å². The van der Waals surface area contributed by atoms with Crippen LogP contribution >= 0.6 is 0 Å². The van der Waals surface area contributed by atoms with Crippen LogP contribution in [0.2, 0.25) is 0 Å². The Hall–Kier alpha value is -1.68. The third-order valence-electron chi connectivity index (χ3n) is 2.91. The molecule has 0 bridgehead atoms. The second-order valence-electron chi connectivity index (χ2n) is 4.21. The maximum Gasteiger partial charge on any atom is 0.133 e. The van der Waals surface area contributed by atoms with Gasteiger partial charge in [-0.1, -0.05) is 24.3 Å². The van der Waals surface area contributed by atoms with Crippen LogP contribution < -0.4 is 5.32 Å². The number of nitrogens with one attached hydrogen (secondary N) is 1. The van der Waals surface area contributed by atoms with Crippen LogP contribution in [0.1, 0.15) is 17.0 Å². The van der Waals surface area contributed by atoms with E-state index in [4.69, 9.17) is 0 Å². The molecule has 0 unspecified atom stereocenters. The molecule has 0 aliphatic carbocycles. The van der Waals surface area contributed by atoms with E-state index < -0.39 is 0 Å². The van der Waals surface area contributed by atoms with Gasteiger partial charge in [-0.25, -0.2) is 0 Å². The highest BCUT2D eigenvalue weighted by Gasteiger charge is 2.00. The van der Waals surface area contributed by atoms with Crippen LogP contribution in [0.4, 0.5) is 0 Å². The molecule has 0 radical (unpaired) electrons. The molecule has 1 aromatic carbocycles. The average Bonchev–Trinajstić information content (AvgIpc) is 2.73. The van der Waals surface area contributed by atoms with Crippen LogP contribution in [-0.2, 0) is 20.0 Å². The van der Waals surface area contributed by atoms with E-state index in [2.05, 4.69) is 46.7 Å². The molecule has 17 heavy (non-hydrogen) atoms. The third kappa shape index (κ3) is 3.14. The van der Waals surface area contributed by atoms with E-state index in [-0.39, 0.29) is 0 Å². The quantitative estimate of drug-likeness (QED) is 0.791. The topological polar surface area (TPSA) is 42.7 Å². The summed E-state index contributed by atoms with van der Waals surface area (Å²) in [5.41, 5.74) is 2.68. The van der Waals surface area contributed by atoms with E-state index in [9.17, 15) is 0 Å². The Morgan fingerprint density at radius 1 is 1.29 bits per heavy atom. The summed E-state index contributed by atoms with van der Waals surface area (Å²) in [5, 5.41) is 11.3. The zero-order chi connectivity index (χ0) is 12.1. The molecule has 0 aliphatic rings. The molecule has 0 spiro atoms. The van der Waals surface area contributed by atoms with E-state index in [0.29, 0.717) is 0 Å². The number of hydrogen-bond acceptors (Lipinski definition) is 3. The smallest absolute Gasteiger partial charge is 0.133 e. The molecule has 0 atom stereocenters. The molecule has 1 heterocycles. The molecule has 0 fully saturated rings. The van der Waals surface area contributed by atoms with Gasteiger partial charge in [-0.3, -0.25) is 0 Å². The van der Waals surface area contributed by atoms with Crippen LogP contribution in [0.25, 0.3) is 0 Å². The summed E-state index contributed by atoms with van der Waals surface area (Å²) in [5.74, 6) is 1.02. The second kappa shape index (κ2) is 5.59. The third-order valence-corrected chi connectivity index (χ3v) is 2.91. The molecule has 1 aromatic heterocycles. The van der Waals surface area contributed by atoms with E-state index in [1.165, 1.54) is 11.1 Å². The number of aromatic nitrogens is 3. The van der Waals surface area contributed by atoms with Crippen molar-refractivity contribution in [3.8, 4) is 0 Å². The molecule has 0 amide bonds. The van der Waals surface area contributed by atoms with E-state index in [1.54, 1.807) is 6.33 Å². The van der Waals surface area contributed by atoms with Gasteiger partial charge in [-0.2, -0.15) is 0 Å². The number of benzene rings is 1. The molecule has 0 aliphatic heterocycles. The average molecular weight is 230 g/mol. The number of nitrogens with zero attached hydrogens (tertiary/aromatic N) is 3. The van der Waals surface area contributed by atoms with Gasteiger partial charge < -0.3 is 9.88 Å². The molecule has 90 valence electrons. The molecule has 0 saturated carbocycles. The van der Waals surface area contributed by atoms with Crippen molar-refractivity contribution in [3.05, 3.63) is 47.5 Å². The molecular formula is C13H18N4. The zero-order valence-electron chi connectivity index (χ0n) is 10.3. The van der Waals surface area contributed by atoms with Crippen molar-refractivity contribution >= 4 is 0 Å². The molecule has 2 aromatic rings. The SMILES string of the molecule is Cc1ccccc1CNCCc1nncn1C. The molecule has 4 heteroatoms. The predicted molar refractivity (Wildman–Crippen MR) is 67.6 cm³/mol. The summed E-state index contributed by atoms with van der Waals surface area (Å²) in [6.45, 7) is 3.96. The minimum atomic E-state index is 0.905. The summed E-state index contributed by atoms with van der Waals surface area (Å²) in [7, 11) is 1.97. The van der Waals surface area contributed by atoms with E-state index in [0.717, 1.165) is 25.3 Å². The Morgan fingerprint density at radius 3 is 2.82 bits per heavy atom. The molecule has 2 rings (SSSR count). The summed E-state index contributed by atoms with van der Waals surface area (Å²) >= 11 is 0. The van der Waals surface area contributed by atoms with Crippen LogP contribution in [0, 0.1) is 6.92 Å². The van der Waals surface area contributed by atoms with Crippen molar-refractivity contribution in [2.75, 3.05) is 6.54 Å². The Kier molecular flexibility index (Phi) is 3.88. The number of hydrogen-bond donors (Lipinski definition) is 1. The zero-order valence-corrected chi connectivity index (χ0v) is 10.3. The van der Waals surface area contributed by atoms with Gasteiger partial charge in [0, 0.05) is 26.6 Å². The lowest BCUT2D eigenvalue weighted by Gasteiger charge is -2.07. The van der Waals surface area contributed by atoms with Gasteiger partial charge in [0.1, 0.15) is 12.2 Å². The molecule has 4 nitrogen and oxygen atoms in total. The summed E-state index contributed by atoms with van der Waals surface area (Å²) in [4.78, 5) is 0. The Bertz CT molecular complexity index is 476. The van der Waals surface area contributed by atoms with Crippen LogP contribution in [-0.4, -0.2) is 21.3 Å². The Balaban J connectivity index is 1.77. The number of rotatable bonds is 5. The molecular weight excluding hydrogens is 212 g/mol. The maximum absolute atomic E-state index is 4.05. The van der Waals surface area contributed by atoms with Crippen LogP contribution in [0.15, 0.2) is 30.6 Å². The summed E-state index contributed by atoms with van der Waals surface area (Å²) < 4.78 is 1.95. The molecule has 0 saturated heterocycles. The standard InChI is InChI=1S/C13H18N4/c1-11-5-3-4-6-12(11)9-14-8-7-13-16-15-10-17(13)2/h3-6,10,14H,7-9H2,1-2H3. The van der Waals surface area contributed by atoms with Crippen molar-refractivity contribution in [1.82, 2.24) is 20.1 Å². The minimum Gasteiger partial charge on any atom is -0.321 e. The highest BCUT2D eigenvalue weighted by Crippen LogP contribution is 2.05. The Morgan fingerprint density at radius 2 is 2.12 bits per heavy atom. The first-order valence-electron chi connectivity index (χ1n) is 5.85. The van der Waals surface area contributed by atoms with Crippen molar-refractivity contribution in [3.63, 3.8) is 0 Å². The van der Waals surface area contributed by atoms with Crippen LogP contribution in [0.5, 0.6) is 0 Å². The van der Waals surface area contributed by atoms with Gasteiger partial charge in [-0.05, 0) is 18.1 Å². The first kappa shape index (κ1) is 11.8. The summed E-state index contributed by atoms with van der Waals surface area (Å²) in [6.07, 6.45) is 2.64. The Labute approximate surface area is 102 Å². The van der Waals surface area contributed by atoms with Crippen LogP contribution in [0.3, 0.4) is 0 Å². The fraction of sp³-hybridized carbons (Fsp3) is 0.385. The molecule has 1 N–H and O–H groups in total. The van der Waals surface area contributed by atoms with Crippen molar-refractivity contribution < 1.29 is 0 Å². The first-order valence-corrected chi connectivity index (χ1v) is 5.85. The highest BCUT2D eigenvalue weighted by atomic mass is 15.2. The monoisotopic (exact) mass is 230 g/mol.